The molecular formula is C13H18O2. The summed E-state index contributed by atoms with van der Waals surface area (Å²) in [7, 11) is 0. The van der Waals surface area contributed by atoms with E-state index in [1.165, 1.54) is 0 Å². The second-order valence-electron chi connectivity index (χ2n) is 5.28. The van der Waals surface area contributed by atoms with Gasteiger partial charge in [0.05, 0.1) is 6.61 Å². The molecule has 0 aliphatic carbocycles. The minimum absolute atomic E-state index is 0.161. The molecule has 1 saturated heterocycles. The highest BCUT2D eigenvalue weighted by atomic mass is 16.6. The van der Waals surface area contributed by atoms with Crippen LogP contribution in [0.3, 0.4) is 0 Å². The van der Waals surface area contributed by atoms with Crippen molar-refractivity contribution in [2.24, 2.45) is 5.41 Å². The van der Waals surface area contributed by atoms with Crippen LogP contribution >= 0.6 is 0 Å². The maximum Gasteiger partial charge on any atom is 0.123 e. The lowest BCUT2D eigenvalue weighted by Crippen LogP contribution is -2.60. The van der Waals surface area contributed by atoms with Gasteiger partial charge < -0.3 is 9.84 Å². The molecular weight excluding hydrogens is 188 g/mol. The van der Waals surface area contributed by atoms with Crippen LogP contribution in [0.2, 0.25) is 0 Å². The standard InChI is InChI=1S/C13H18O2/c1-12(2,3)13(14)9-15-11(13)10-7-5-4-6-8-10/h4-8,11,14H,9H2,1-3H3/t11-,13-/m0/s1. The Morgan fingerprint density at radius 3 is 2.27 bits per heavy atom. The molecule has 2 heteroatoms. The molecule has 0 saturated carbocycles. The van der Waals surface area contributed by atoms with E-state index in [9.17, 15) is 5.11 Å². The van der Waals surface area contributed by atoms with Crippen LogP contribution in [-0.4, -0.2) is 17.3 Å². The van der Waals surface area contributed by atoms with Gasteiger partial charge in [-0.15, -0.1) is 0 Å². The number of rotatable bonds is 1. The van der Waals surface area contributed by atoms with Gasteiger partial charge in [0, 0.05) is 0 Å². The van der Waals surface area contributed by atoms with Crippen molar-refractivity contribution in [1.29, 1.82) is 0 Å². The number of ether oxygens (including phenoxy) is 1. The summed E-state index contributed by atoms with van der Waals surface area (Å²) >= 11 is 0. The number of hydrogen-bond acceptors (Lipinski definition) is 2. The summed E-state index contributed by atoms with van der Waals surface area (Å²) in [6, 6.07) is 9.92. The van der Waals surface area contributed by atoms with Crippen molar-refractivity contribution < 1.29 is 9.84 Å². The van der Waals surface area contributed by atoms with Crippen LogP contribution in [0.1, 0.15) is 32.4 Å². The second-order valence-corrected chi connectivity index (χ2v) is 5.28. The van der Waals surface area contributed by atoms with Crippen LogP contribution in [0.5, 0.6) is 0 Å². The summed E-state index contributed by atoms with van der Waals surface area (Å²) in [5.74, 6) is 0. The molecule has 0 unspecified atom stereocenters. The summed E-state index contributed by atoms with van der Waals surface area (Å²) in [6.45, 7) is 6.57. The van der Waals surface area contributed by atoms with Crippen LogP contribution in [0.25, 0.3) is 0 Å². The van der Waals surface area contributed by atoms with Crippen molar-refractivity contribution in [3.05, 3.63) is 35.9 Å². The predicted molar refractivity (Wildman–Crippen MR) is 59.5 cm³/mol. The number of benzene rings is 1. The molecule has 0 amide bonds. The van der Waals surface area contributed by atoms with Crippen molar-refractivity contribution in [2.45, 2.75) is 32.5 Å². The molecule has 0 spiro atoms. The summed E-state index contributed by atoms with van der Waals surface area (Å²) in [6.07, 6.45) is -0.182. The van der Waals surface area contributed by atoms with Gasteiger partial charge in [0.25, 0.3) is 0 Å². The highest BCUT2D eigenvalue weighted by molar-refractivity contribution is 5.24. The molecule has 1 fully saturated rings. The molecule has 1 aliphatic heterocycles. The Bertz CT molecular complexity index is 339. The number of aliphatic hydroxyl groups is 1. The zero-order valence-corrected chi connectivity index (χ0v) is 9.53. The Kier molecular flexibility index (Phi) is 2.36. The molecule has 15 heavy (non-hydrogen) atoms. The van der Waals surface area contributed by atoms with Crippen LogP contribution in [-0.2, 0) is 4.74 Å². The smallest absolute Gasteiger partial charge is 0.123 e. The molecule has 1 aromatic carbocycles. The molecule has 1 aromatic rings. The molecule has 0 radical (unpaired) electrons. The van der Waals surface area contributed by atoms with Crippen molar-refractivity contribution >= 4 is 0 Å². The molecule has 2 rings (SSSR count). The fraction of sp³-hybridized carbons (Fsp3) is 0.538. The maximum absolute atomic E-state index is 10.5. The summed E-state index contributed by atoms with van der Waals surface area (Å²) in [5, 5.41) is 10.5. The van der Waals surface area contributed by atoms with E-state index < -0.39 is 5.60 Å². The Hall–Kier alpha value is -0.860. The van der Waals surface area contributed by atoms with Gasteiger partial charge in [0.2, 0.25) is 0 Å². The van der Waals surface area contributed by atoms with Crippen molar-refractivity contribution in [3.63, 3.8) is 0 Å². The Labute approximate surface area is 90.9 Å². The molecule has 2 atom stereocenters. The first kappa shape index (κ1) is 10.7. The molecule has 1 N–H and O–H groups in total. The average Bonchev–Trinajstić information content (AvgIpc) is 2.15. The normalized spacial score (nSPS) is 31.1. The van der Waals surface area contributed by atoms with Gasteiger partial charge in [0.15, 0.2) is 0 Å². The topological polar surface area (TPSA) is 29.5 Å². The third-order valence-electron chi connectivity index (χ3n) is 3.30. The minimum atomic E-state index is -0.742. The van der Waals surface area contributed by atoms with Gasteiger partial charge in [-0.3, -0.25) is 0 Å². The van der Waals surface area contributed by atoms with Crippen LogP contribution in [0, 0.1) is 5.41 Å². The molecule has 82 valence electrons. The quantitative estimate of drug-likeness (QED) is 0.765. The van der Waals surface area contributed by atoms with Gasteiger partial charge in [-0.1, -0.05) is 51.1 Å². The summed E-state index contributed by atoms with van der Waals surface area (Å²) in [4.78, 5) is 0. The lowest BCUT2D eigenvalue weighted by atomic mass is 9.69. The minimum Gasteiger partial charge on any atom is -0.384 e. The molecule has 1 heterocycles. The first-order chi connectivity index (χ1) is 6.95. The fourth-order valence-corrected chi connectivity index (χ4v) is 1.93. The first-order valence-electron chi connectivity index (χ1n) is 5.34. The maximum atomic E-state index is 10.5. The van der Waals surface area contributed by atoms with E-state index in [-0.39, 0.29) is 11.5 Å². The van der Waals surface area contributed by atoms with Gasteiger partial charge in [-0.25, -0.2) is 0 Å². The highest BCUT2D eigenvalue weighted by Gasteiger charge is 2.55. The van der Waals surface area contributed by atoms with E-state index >= 15 is 0 Å². The van der Waals surface area contributed by atoms with E-state index in [2.05, 4.69) is 0 Å². The monoisotopic (exact) mass is 206 g/mol. The van der Waals surface area contributed by atoms with E-state index in [1.54, 1.807) is 0 Å². The fourth-order valence-electron chi connectivity index (χ4n) is 1.93. The third kappa shape index (κ3) is 1.58. The molecule has 0 aromatic heterocycles. The molecule has 2 nitrogen and oxygen atoms in total. The van der Waals surface area contributed by atoms with Crippen molar-refractivity contribution in [2.75, 3.05) is 6.61 Å². The Morgan fingerprint density at radius 1 is 1.27 bits per heavy atom. The molecule has 1 aliphatic rings. The zero-order valence-electron chi connectivity index (χ0n) is 9.53. The van der Waals surface area contributed by atoms with E-state index in [4.69, 9.17) is 4.74 Å². The lowest BCUT2D eigenvalue weighted by molar-refractivity contribution is -0.284. The predicted octanol–water partition coefficient (Wildman–Crippen LogP) is 2.54. The Morgan fingerprint density at radius 2 is 1.87 bits per heavy atom. The van der Waals surface area contributed by atoms with Gasteiger partial charge in [0.1, 0.15) is 11.7 Å². The number of hydrogen-bond donors (Lipinski definition) is 1. The van der Waals surface area contributed by atoms with Gasteiger partial charge in [-0.2, -0.15) is 0 Å². The van der Waals surface area contributed by atoms with Crippen LogP contribution in [0.4, 0.5) is 0 Å². The van der Waals surface area contributed by atoms with Crippen LogP contribution in [0.15, 0.2) is 30.3 Å². The lowest BCUT2D eigenvalue weighted by Gasteiger charge is -2.53. The molecule has 0 bridgehead atoms. The second kappa shape index (κ2) is 3.32. The average molecular weight is 206 g/mol. The van der Waals surface area contributed by atoms with E-state index in [0.29, 0.717) is 6.61 Å². The van der Waals surface area contributed by atoms with E-state index in [0.717, 1.165) is 5.56 Å². The zero-order chi connectivity index (χ0) is 11.1. The largest absolute Gasteiger partial charge is 0.384 e. The summed E-state index contributed by atoms with van der Waals surface area (Å²) in [5.41, 5.74) is 0.154. The summed E-state index contributed by atoms with van der Waals surface area (Å²) < 4.78 is 5.51. The van der Waals surface area contributed by atoms with Crippen molar-refractivity contribution in [1.82, 2.24) is 0 Å². The van der Waals surface area contributed by atoms with Gasteiger partial charge in [-0.05, 0) is 11.0 Å². The van der Waals surface area contributed by atoms with E-state index in [1.807, 2.05) is 51.1 Å². The van der Waals surface area contributed by atoms with Crippen LogP contribution < -0.4 is 0 Å². The van der Waals surface area contributed by atoms with Crippen molar-refractivity contribution in [3.8, 4) is 0 Å². The first-order valence-corrected chi connectivity index (χ1v) is 5.34. The Balaban J connectivity index is 2.27. The van der Waals surface area contributed by atoms with Gasteiger partial charge >= 0.3 is 0 Å². The highest BCUT2D eigenvalue weighted by Crippen LogP contribution is 2.49. The SMILES string of the molecule is CC(C)(C)[C@]1(O)CO[C@H]1c1ccccc1. The third-order valence-corrected chi connectivity index (χ3v) is 3.30.